The van der Waals surface area contributed by atoms with Crippen LogP contribution in [0.4, 0.5) is 10.6 Å². The van der Waals surface area contributed by atoms with E-state index in [0.29, 0.717) is 32.5 Å². The summed E-state index contributed by atoms with van der Waals surface area (Å²) < 4.78 is 12.9. The lowest BCUT2D eigenvalue weighted by Crippen LogP contribution is -2.49. The molecule has 0 radical (unpaired) electrons. The van der Waals surface area contributed by atoms with Crippen molar-refractivity contribution >= 4 is 11.9 Å². The van der Waals surface area contributed by atoms with Crippen molar-refractivity contribution in [2.45, 2.75) is 31.6 Å². The topological polar surface area (TPSA) is 99.7 Å². The molecule has 1 fully saturated rings. The number of imidazole rings is 1. The fourth-order valence-electron chi connectivity index (χ4n) is 3.37. The number of benzene rings is 1. The number of carbonyl (C=O) groups excluding carboxylic acids is 1. The molecule has 0 saturated carbocycles. The maximum absolute atomic E-state index is 12.2. The standard InChI is InChI=1S/C17H18N4O5/c22-16(25-11-13-4-2-1-3-5-13)19-8-6-17(7-9-19)12-20-10-14(21(23)24)18-15(20)26-17/h1-5,10H,6-9,11-12H2. The maximum Gasteiger partial charge on any atom is 0.415 e. The van der Waals surface area contributed by atoms with Crippen LogP contribution in [0.2, 0.25) is 0 Å². The molecule has 0 aliphatic carbocycles. The SMILES string of the molecule is O=C(OCc1ccccc1)N1CCC2(CC1)Cn1cc([N+](=O)[O-])nc1O2. The molecule has 2 aliphatic heterocycles. The molecule has 0 bridgehead atoms. The van der Waals surface area contributed by atoms with Gasteiger partial charge in [-0.3, -0.25) is 4.57 Å². The first-order valence-electron chi connectivity index (χ1n) is 8.41. The quantitative estimate of drug-likeness (QED) is 0.617. The van der Waals surface area contributed by atoms with Crippen LogP contribution in [-0.2, 0) is 17.9 Å². The van der Waals surface area contributed by atoms with E-state index in [4.69, 9.17) is 9.47 Å². The molecule has 26 heavy (non-hydrogen) atoms. The average Bonchev–Trinajstić information content (AvgIpc) is 3.17. The fraction of sp³-hybridized carbons (Fsp3) is 0.412. The van der Waals surface area contributed by atoms with E-state index in [2.05, 4.69) is 4.98 Å². The van der Waals surface area contributed by atoms with Gasteiger partial charge in [-0.05, 0) is 10.5 Å². The molecule has 3 heterocycles. The zero-order valence-electron chi connectivity index (χ0n) is 14.0. The molecule has 1 saturated heterocycles. The number of nitrogens with zero attached hydrogens (tertiary/aromatic N) is 4. The number of nitro groups is 1. The van der Waals surface area contributed by atoms with Crippen molar-refractivity contribution in [2.24, 2.45) is 0 Å². The summed E-state index contributed by atoms with van der Waals surface area (Å²) in [5.74, 6) is -0.211. The number of aromatic nitrogens is 2. The first-order chi connectivity index (χ1) is 12.5. The van der Waals surface area contributed by atoms with Gasteiger partial charge >= 0.3 is 17.9 Å². The van der Waals surface area contributed by atoms with Crippen molar-refractivity contribution in [3.63, 3.8) is 0 Å². The number of amides is 1. The molecular weight excluding hydrogens is 340 g/mol. The third-order valence-corrected chi connectivity index (χ3v) is 4.82. The van der Waals surface area contributed by atoms with Crippen molar-refractivity contribution < 1.29 is 19.2 Å². The highest BCUT2D eigenvalue weighted by Gasteiger charge is 2.46. The Morgan fingerprint density at radius 1 is 1.31 bits per heavy atom. The van der Waals surface area contributed by atoms with Gasteiger partial charge in [-0.25, -0.2) is 4.79 Å². The molecule has 0 unspecified atom stereocenters. The Morgan fingerprint density at radius 3 is 2.69 bits per heavy atom. The van der Waals surface area contributed by atoms with Crippen LogP contribution in [0, 0.1) is 10.1 Å². The van der Waals surface area contributed by atoms with Crippen LogP contribution in [0.5, 0.6) is 6.01 Å². The summed E-state index contributed by atoms with van der Waals surface area (Å²) in [6.45, 7) is 1.79. The molecule has 4 rings (SSSR count). The predicted octanol–water partition coefficient (Wildman–Crippen LogP) is 2.36. The van der Waals surface area contributed by atoms with Crippen LogP contribution in [-0.4, -0.2) is 44.2 Å². The van der Waals surface area contributed by atoms with Crippen molar-refractivity contribution in [2.75, 3.05) is 13.1 Å². The van der Waals surface area contributed by atoms with E-state index in [1.807, 2.05) is 30.3 Å². The molecule has 1 amide bonds. The van der Waals surface area contributed by atoms with Crippen LogP contribution >= 0.6 is 0 Å². The molecule has 0 atom stereocenters. The highest BCUT2D eigenvalue weighted by Crippen LogP contribution is 2.37. The fourth-order valence-corrected chi connectivity index (χ4v) is 3.37. The number of fused-ring (bicyclic) bond motifs is 1. The molecule has 136 valence electrons. The second-order valence-electron chi connectivity index (χ2n) is 6.58. The van der Waals surface area contributed by atoms with Crippen LogP contribution in [0.3, 0.4) is 0 Å². The zero-order valence-corrected chi connectivity index (χ0v) is 14.0. The van der Waals surface area contributed by atoms with E-state index in [1.54, 1.807) is 9.47 Å². The molecule has 2 aliphatic rings. The summed E-state index contributed by atoms with van der Waals surface area (Å²) in [5.41, 5.74) is 0.494. The van der Waals surface area contributed by atoms with Crippen LogP contribution in [0.1, 0.15) is 18.4 Å². The summed E-state index contributed by atoms with van der Waals surface area (Å²) in [5, 5.41) is 10.8. The Balaban J connectivity index is 1.31. The van der Waals surface area contributed by atoms with Crippen LogP contribution < -0.4 is 4.74 Å². The van der Waals surface area contributed by atoms with Crippen molar-refractivity contribution in [1.82, 2.24) is 14.5 Å². The lowest BCUT2D eigenvalue weighted by atomic mass is 9.91. The monoisotopic (exact) mass is 358 g/mol. The molecule has 9 heteroatoms. The van der Waals surface area contributed by atoms with E-state index in [1.165, 1.54) is 6.20 Å². The molecule has 0 N–H and O–H groups in total. The Kier molecular flexibility index (Phi) is 3.98. The zero-order chi connectivity index (χ0) is 18.1. The highest BCUT2D eigenvalue weighted by molar-refractivity contribution is 5.67. The van der Waals surface area contributed by atoms with E-state index >= 15 is 0 Å². The second-order valence-corrected chi connectivity index (χ2v) is 6.58. The van der Waals surface area contributed by atoms with Crippen LogP contribution in [0.25, 0.3) is 0 Å². The maximum atomic E-state index is 12.2. The van der Waals surface area contributed by atoms with Gasteiger partial charge in [0.25, 0.3) is 0 Å². The second kappa shape index (κ2) is 6.32. The minimum Gasteiger partial charge on any atom is -0.445 e. The summed E-state index contributed by atoms with van der Waals surface area (Å²) in [4.78, 5) is 28.0. The number of hydrogen-bond donors (Lipinski definition) is 0. The van der Waals surface area contributed by atoms with Crippen molar-refractivity contribution in [3.8, 4) is 6.01 Å². The van der Waals surface area contributed by atoms with Gasteiger partial charge < -0.3 is 24.5 Å². The minimum atomic E-state index is -0.535. The van der Waals surface area contributed by atoms with E-state index in [0.717, 1.165) is 5.56 Å². The number of hydrogen-bond acceptors (Lipinski definition) is 6. The van der Waals surface area contributed by atoms with E-state index < -0.39 is 10.5 Å². The molecular formula is C17H18N4O5. The first-order valence-corrected chi connectivity index (χ1v) is 8.41. The normalized spacial score (nSPS) is 17.6. The minimum absolute atomic E-state index is 0.211. The molecule has 1 aromatic carbocycles. The third-order valence-electron chi connectivity index (χ3n) is 4.82. The smallest absolute Gasteiger partial charge is 0.415 e. The van der Waals surface area contributed by atoms with Gasteiger partial charge in [0.05, 0.1) is 6.54 Å². The van der Waals surface area contributed by atoms with E-state index in [9.17, 15) is 14.9 Å². The molecule has 2 aromatic rings. The van der Waals surface area contributed by atoms with Gasteiger partial charge in [0.2, 0.25) is 0 Å². The largest absolute Gasteiger partial charge is 0.445 e. The van der Waals surface area contributed by atoms with Gasteiger partial charge in [-0.15, -0.1) is 0 Å². The number of likely N-dealkylation sites (tertiary alicyclic amines) is 1. The summed E-state index contributed by atoms with van der Waals surface area (Å²) in [6, 6.07) is 9.81. The summed E-state index contributed by atoms with van der Waals surface area (Å²) in [6.07, 6.45) is 2.31. The number of carbonyl (C=O) groups is 1. The number of ether oxygens (including phenoxy) is 2. The third kappa shape index (κ3) is 3.07. The highest BCUT2D eigenvalue weighted by atomic mass is 16.6. The lowest BCUT2D eigenvalue weighted by molar-refractivity contribution is -0.389. The first kappa shape index (κ1) is 16.4. The Morgan fingerprint density at radius 2 is 2.04 bits per heavy atom. The van der Waals surface area contributed by atoms with Crippen molar-refractivity contribution in [1.29, 1.82) is 0 Å². The number of piperidine rings is 1. The molecule has 1 aromatic heterocycles. The Bertz CT molecular complexity index is 801. The predicted molar refractivity (Wildman–Crippen MR) is 89.7 cm³/mol. The lowest BCUT2D eigenvalue weighted by Gasteiger charge is -2.36. The van der Waals surface area contributed by atoms with Gasteiger partial charge in [0, 0.05) is 30.9 Å². The van der Waals surface area contributed by atoms with Gasteiger partial charge in [0.1, 0.15) is 18.4 Å². The van der Waals surface area contributed by atoms with Crippen LogP contribution in [0.15, 0.2) is 36.5 Å². The van der Waals surface area contributed by atoms with Gasteiger partial charge in [0.15, 0.2) is 0 Å². The van der Waals surface area contributed by atoms with E-state index in [-0.39, 0.29) is 24.5 Å². The van der Waals surface area contributed by atoms with Crippen molar-refractivity contribution in [3.05, 3.63) is 52.2 Å². The Hall–Kier alpha value is -3.10. The van der Waals surface area contributed by atoms with Gasteiger partial charge in [-0.2, -0.15) is 0 Å². The molecule has 9 nitrogen and oxygen atoms in total. The molecule has 1 spiro atoms. The summed E-state index contributed by atoms with van der Waals surface area (Å²) >= 11 is 0. The van der Waals surface area contributed by atoms with Gasteiger partial charge in [-0.1, -0.05) is 30.3 Å². The average molecular weight is 358 g/mol. The summed E-state index contributed by atoms with van der Waals surface area (Å²) in [7, 11) is 0. The Labute approximate surface area is 149 Å². The number of rotatable bonds is 3.